The van der Waals surface area contributed by atoms with E-state index in [1.165, 1.54) is 18.9 Å². The first-order valence-corrected chi connectivity index (χ1v) is 6.82. The second-order valence-corrected chi connectivity index (χ2v) is 4.84. The smallest absolute Gasteiger partial charge is 0.146 e. The number of hydrogen-bond acceptors (Lipinski definition) is 2. The predicted molar refractivity (Wildman–Crippen MR) is 74.3 cm³/mol. The Morgan fingerprint density at radius 2 is 1.78 bits per heavy atom. The number of rotatable bonds is 5. The van der Waals surface area contributed by atoms with E-state index in [1.54, 1.807) is 6.07 Å². The van der Waals surface area contributed by atoms with Crippen molar-refractivity contribution >= 4 is 5.69 Å². The summed E-state index contributed by atoms with van der Waals surface area (Å²) < 4.78 is 13.7. The zero-order chi connectivity index (χ0) is 12.8. The molecule has 1 fully saturated rings. The van der Waals surface area contributed by atoms with Gasteiger partial charge in [-0.1, -0.05) is 31.9 Å². The number of unbranched alkanes of at least 4 members (excludes halogenated alkanes) is 2. The third-order valence-corrected chi connectivity index (χ3v) is 3.54. The fraction of sp³-hybridized carbons (Fsp3) is 0.533. The van der Waals surface area contributed by atoms with Crippen molar-refractivity contribution in [2.45, 2.75) is 19.3 Å². The maximum absolute atomic E-state index is 13.7. The highest BCUT2D eigenvalue weighted by Crippen LogP contribution is 2.20. The van der Waals surface area contributed by atoms with Gasteiger partial charge in [0.15, 0.2) is 0 Å². The minimum Gasteiger partial charge on any atom is -0.367 e. The van der Waals surface area contributed by atoms with Gasteiger partial charge in [0.05, 0.1) is 5.69 Å². The first kappa shape index (κ1) is 13.3. The molecular formula is C15H22FN2. The van der Waals surface area contributed by atoms with Gasteiger partial charge in [-0.3, -0.25) is 4.90 Å². The minimum atomic E-state index is -0.108. The lowest BCUT2D eigenvalue weighted by Crippen LogP contribution is -2.46. The van der Waals surface area contributed by atoms with E-state index in [0.29, 0.717) is 0 Å². The van der Waals surface area contributed by atoms with Gasteiger partial charge < -0.3 is 4.90 Å². The number of nitrogens with zero attached hydrogens (tertiary/aromatic N) is 2. The lowest BCUT2D eigenvalue weighted by molar-refractivity contribution is 0.252. The van der Waals surface area contributed by atoms with E-state index in [-0.39, 0.29) is 5.82 Å². The molecular weight excluding hydrogens is 227 g/mol. The topological polar surface area (TPSA) is 6.48 Å². The third-order valence-electron chi connectivity index (χ3n) is 3.54. The van der Waals surface area contributed by atoms with Crippen molar-refractivity contribution in [1.82, 2.24) is 4.90 Å². The summed E-state index contributed by atoms with van der Waals surface area (Å²) in [5, 5.41) is 0. The van der Waals surface area contributed by atoms with Gasteiger partial charge in [-0.25, -0.2) is 4.39 Å². The molecule has 1 heterocycles. The normalized spacial score (nSPS) is 17.1. The highest BCUT2D eigenvalue weighted by atomic mass is 19.1. The average molecular weight is 249 g/mol. The van der Waals surface area contributed by atoms with Crippen LogP contribution in [0, 0.1) is 12.7 Å². The molecule has 1 radical (unpaired) electrons. The molecule has 18 heavy (non-hydrogen) atoms. The Labute approximate surface area is 109 Å². The fourth-order valence-corrected chi connectivity index (χ4v) is 2.43. The van der Waals surface area contributed by atoms with Gasteiger partial charge in [-0.05, 0) is 25.1 Å². The summed E-state index contributed by atoms with van der Waals surface area (Å²) in [7, 11) is 0. The minimum absolute atomic E-state index is 0.108. The second kappa shape index (κ2) is 6.74. The summed E-state index contributed by atoms with van der Waals surface area (Å²) >= 11 is 0. The van der Waals surface area contributed by atoms with Crippen molar-refractivity contribution < 1.29 is 4.39 Å². The van der Waals surface area contributed by atoms with Crippen molar-refractivity contribution in [1.29, 1.82) is 0 Å². The van der Waals surface area contributed by atoms with Crippen molar-refractivity contribution in [3.63, 3.8) is 0 Å². The molecule has 1 aliphatic rings. The molecule has 1 aromatic carbocycles. The van der Waals surface area contributed by atoms with Crippen LogP contribution < -0.4 is 4.90 Å². The fourth-order valence-electron chi connectivity index (χ4n) is 2.43. The van der Waals surface area contributed by atoms with Crippen LogP contribution in [0.5, 0.6) is 0 Å². The molecule has 0 aromatic heterocycles. The van der Waals surface area contributed by atoms with E-state index in [0.717, 1.165) is 44.8 Å². The number of hydrogen-bond donors (Lipinski definition) is 0. The molecule has 0 amide bonds. The summed E-state index contributed by atoms with van der Waals surface area (Å²) in [6.07, 6.45) is 3.45. The molecule has 1 saturated heterocycles. The van der Waals surface area contributed by atoms with Gasteiger partial charge in [-0.15, -0.1) is 0 Å². The van der Waals surface area contributed by atoms with Crippen LogP contribution in [0.3, 0.4) is 0 Å². The van der Waals surface area contributed by atoms with E-state index in [9.17, 15) is 4.39 Å². The standard InChI is InChI=1S/C15H22FN2/c1-2-3-6-9-17-10-12-18(13-11-17)15-8-5-4-7-14(15)16/h4-5,7-8H,1-3,6,9-13H2. The van der Waals surface area contributed by atoms with Crippen molar-refractivity contribution in [3.05, 3.63) is 37.0 Å². The van der Waals surface area contributed by atoms with Gasteiger partial charge in [0.2, 0.25) is 0 Å². The van der Waals surface area contributed by atoms with Gasteiger partial charge in [0.25, 0.3) is 0 Å². The highest BCUT2D eigenvalue weighted by Gasteiger charge is 2.18. The molecule has 2 rings (SSSR count). The maximum atomic E-state index is 13.7. The Bertz CT molecular complexity index is 359. The summed E-state index contributed by atoms with van der Waals surface area (Å²) in [5.74, 6) is -0.108. The molecule has 0 N–H and O–H groups in total. The van der Waals surface area contributed by atoms with Crippen LogP contribution in [0.25, 0.3) is 0 Å². The van der Waals surface area contributed by atoms with Crippen LogP contribution in [-0.2, 0) is 0 Å². The van der Waals surface area contributed by atoms with Crippen molar-refractivity contribution in [2.24, 2.45) is 0 Å². The van der Waals surface area contributed by atoms with E-state index in [4.69, 9.17) is 0 Å². The van der Waals surface area contributed by atoms with Gasteiger partial charge in [0, 0.05) is 26.2 Å². The monoisotopic (exact) mass is 249 g/mol. The second-order valence-electron chi connectivity index (χ2n) is 4.84. The van der Waals surface area contributed by atoms with Gasteiger partial charge in [-0.2, -0.15) is 0 Å². The van der Waals surface area contributed by atoms with Crippen LogP contribution in [0.2, 0.25) is 0 Å². The van der Waals surface area contributed by atoms with Crippen molar-refractivity contribution in [2.75, 3.05) is 37.6 Å². The molecule has 99 valence electrons. The van der Waals surface area contributed by atoms with E-state index >= 15 is 0 Å². The van der Waals surface area contributed by atoms with E-state index in [1.807, 2.05) is 12.1 Å². The molecule has 0 aliphatic carbocycles. The molecule has 2 nitrogen and oxygen atoms in total. The molecule has 0 saturated carbocycles. The average Bonchev–Trinajstić information content (AvgIpc) is 2.41. The number of benzene rings is 1. The Balaban J connectivity index is 1.81. The summed E-state index contributed by atoms with van der Waals surface area (Å²) in [4.78, 5) is 4.61. The first-order valence-electron chi connectivity index (χ1n) is 6.82. The largest absolute Gasteiger partial charge is 0.367 e. The Hall–Kier alpha value is -1.09. The van der Waals surface area contributed by atoms with E-state index in [2.05, 4.69) is 16.7 Å². The zero-order valence-electron chi connectivity index (χ0n) is 10.9. The van der Waals surface area contributed by atoms with Crippen LogP contribution in [0.1, 0.15) is 19.3 Å². The maximum Gasteiger partial charge on any atom is 0.146 e. The summed E-state index contributed by atoms with van der Waals surface area (Å²) in [6, 6.07) is 7.05. The number of halogens is 1. The molecule has 0 bridgehead atoms. The van der Waals surface area contributed by atoms with Crippen LogP contribution in [-0.4, -0.2) is 37.6 Å². The van der Waals surface area contributed by atoms with E-state index < -0.39 is 0 Å². The third kappa shape index (κ3) is 3.45. The van der Waals surface area contributed by atoms with Gasteiger partial charge in [0.1, 0.15) is 5.82 Å². The van der Waals surface area contributed by atoms with Gasteiger partial charge >= 0.3 is 0 Å². The Morgan fingerprint density at radius 1 is 1.06 bits per heavy atom. The van der Waals surface area contributed by atoms with Crippen LogP contribution >= 0.6 is 0 Å². The molecule has 0 atom stereocenters. The summed E-state index contributed by atoms with van der Waals surface area (Å²) in [6.45, 7) is 8.93. The molecule has 0 spiro atoms. The van der Waals surface area contributed by atoms with Crippen molar-refractivity contribution in [3.8, 4) is 0 Å². The Morgan fingerprint density at radius 3 is 2.44 bits per heavy atom. The highest BCUT2D eigenvalue weighted by molar-refractivity contribution is 5.47. The first-order chi connectivity index (χ1) is 8.81. The quantitative estimate of drug-likeness (QED) is 0.740. The molecule has 0 unspecified atom stereocenters. The molecule has 3 heteroatoms. The van der Waals surface area contributed by atoms with Crippen LogP contribution in [0.15, 0.2) is 24.3 Å². The summed E-state index contributed by atoms with van der Waals surface area (Å²) in [5.41, 5.74) is 0.745. The lowest BCUT2D eigenvalue weighted by Gasteiger charge is -2.36. The SMILES string of the molecule is [CH2]CCCCN1CCN(c2ccccc2F)CC1. The molecule has 1 aromatic rings. The predicted octanol–water partition coefficient (Wildman–Crippen LogP) is 2.95. The zero-order valence-corrected chi connectivity index (χ0v) is 10.9. The number of anilines is 1. The lowest BCUT2D eigenvalue weighted by atomic mass is 10.2. The Kier molecular flexibility index (Phi) is 5.00. The number of para-hydroxylation sites is 1. The molecule has 1 aliphatic heterocycles. The van der Waals surface area contributed by atoms with Crippen LogP contribution in [0.4, 0.5) is 10.1 Å². The number of piperazine rings is 1.